The lowest BCUT2D eigenvalue weighted by Crippen LogP contribution is -2.32. The zero-order valence-corrected chi connectivity index (χ0v) is 15.7. The van der Waals surface area contributed by atoms with Gasteiger partial charge < -0.3 is 5.32 Å². The van der Waals surface area contributed by atoms with Crippen LogP contribution in [0, 0.1) is 17.5 Å². The molecule has 1 aliphatic carbocycles. The lowest BCUT2D eigenvalue weighted by molar-refractivity contribution is 0.0938. The number of sulfonamides is 1. The highest BCUT2D eigenvalue weighted by molar-refractivity contribution is 7.89. The Morgan fingerprint density at radius 1 is 0.964 bits per heavy atom. The van der Waals surface area contributed by atoms with Gasteiger partial charge in [-0.3, -0.25) is 4.79 Å². The molecule has 0 aliphatic heterocycles. The van der Waals surface area contributed by atoms with E-state index in [9.17, 15) is 26.4 Å². The molecule has 0 bridgehead atoms. The highest BCUT2D eigenvalue weighted by atomic mass is 32.2. The molecule has 28 heavy (non-hydrogen) atoms. The maximum absolute atomic E-state index is 13.7. The minimum atomic E-state index is -4.38. The summed E-state index contributed by atoms with van der Waals surface area (Å²) in [6, 6.07) is 7.64. The fourth-order valence-corrected chi connectivity index (χ4v) is 4.17. The van der Waals surface area contributed by atoms with Gasteiger partial charge in [-0.25, -0.2) is 26.3 Å². The van der Waals surface area contributed by atoms with Gasteiger partial charge in [0, 0.05) is 18.2 Å². The average molecular weight is 412 g/mol. The van der Waals surface area contributed by atoms with Gasteiger partial charge in [0.15, 0.2) is 17.5 Å². The van der Waals surface area contributed by atoms with E-state index in [0.717, 1.165) is 25.7 Å². The lowest BCUT2D eigenvalue weighted by atomic mass is 10.1. The molecule has 2 aromatic rings. The van der Waals surface area contributed by atoms with Gasteiger partial charge in [0.1, 0.15) is 4.90 Å². The maximum Gasteiger partial charge on any atom is 0.251 e. The zero-order chi connectivity index (χ0) is 20.3. The molecular formula is C19H19F3N2O3S. The number of nitrogens with one attached hydrogen (secondary N) is 2. The third-order valence-corrected chi connectivity index (χ3v) is 6.08. The Bertz CT molecular complexity index is 973. The molecule has 0 unspecified atom stereocenters. The minimum Gasteiger partial charge on any atom is -0.349 e. The first-order valence-corrected chi connectivity index (χ1v) is 10.3. The molecule has 0 heterocycles. The van der Waals surface area contributed by atoms with Gasteiger partial charge in [-0.15, -0.1) is 0 Å². The van der Waals surface area contributed by atoms with E-state index in [1.54, 1.807) is 24.3 Å². The van der Waals surface area contributed by atoms with Crippen LogP contribution >= 0.6 is 0 Å². The summed E-state index contributed by atoms with van der Waals surface area (Å²) in [6.07, 6.45) is 4.13. The normalized spacial score (nSPS) is 15.0. The van der Waals surface area contributed by atoms with E-state index in [2.05, 4.69) is 10.0 Å². The standard InChI is InChI=1S/C19H19F3N2O3S/c20-15-9-10-16(18(22)17(15)21)28(26,27)23-11-12-5-7-13(8-6-12)19(25)24-14-3-1-2-4-14/h5-10,14,23H,1-4,11H2,(H,24,25). The number of carbonyl (C=O) groups is 1. The van der Waals surface area contributed by atoms with E-state index in [1.165, 1.54) is 0 Å². The lowest BCUT2D eigenvalue weighted by Gasteiger charge is -2.12. The Hall–Kier alpha value is -2.39. The Morgan fingerprint density at radius 3 is 2.25 bits per heavy atom. The number of halogens is 3. The first kappa shape index (κ1) is 20.3. The van der Waals surface area contributed by atoms with Crippen LogP contribution in [0.25, 0.3) is 0 Å². The largest absolute Gasteiger partial charge is 0.349 e. The van der Waals surface area contributed by atoms with Crippen molar-refractivity contribution >= 4 is 15.9 Å². The van der Waals surface area contributed by atoms with Crippen LogP contribution in [0.1, 0.15) is 41.6 Å². The second-order valence-corrected chi connectivity index (χ2v) is 8.39. The maximum atomic E-state index is 13.7. The van der Waals surface area contributed by atoms with Crippen LogP contribution in [0.3, 0.4) is 0 Å². The number of carbonyl (C=O) groups excluding carboxylic acids is 1. The summed E-state index contributed by atoms with van der Waals surface area (Å²) in [5, 5.41) is 2.95. The van der Waals surface area contributed by atoms with Gasteiger partial charge in [0.2, 0.25) is 10.0 Å². The molecule has 0 radical (unpaired) electrons. The molecule has 1 saturated carbocycles. The Kier molecular flexibility index (Phi) is 6.04. The van der Waals surface area contributed by atoms with Gasteiger partial charge in [0.05, 0.1) is 0 Å². The number of hydrogen-bond donors (Lipinski definition) is 2. The molecule has 3 rings (SSSR count). The predicted octanol–water partition coefficient (Wildman–Crippen LogP) is 3.25. The van der Waals surface area contributed by atoms with Crippen LogP contribution in [-0.4, -0.2) is 20.4 Å². The van der Waals surface area contributed by atoms with Crippen molar-refractivity contribution in [1.82, 2.24) is 10.0 Å². The number of hydrogen-bond acceptors (Lipinski definition) is 3. The summed E-state index contributed by atoms with van der Waals surface area (Å²) in [5.41, 5.74) is 0.967. The van der Waals surface area contributed by atoms with Crippen LogP contribution < -0.4 is 10.0 Å². The molecule has 0 saturated heterocycles. The average Bonchev–Trinajstić information content (AvgIpc) is 3.18. The van der Waals surface area contributed by atoms with E-state index in [4.69, 9.17) is 0 Å². The van der Waals surface area contributed by atoms with E-state index >= 15 is 0 Å². The van der Waals surface area contributed by atoms with Crippen molar-refractivity contribution in [2.45, 2.75) is 43.2 Å². The first-order valence-electron chi connectivity index (χ1n) is 8.81. The molecular weight excluding hydrogens is 393 g/mol. The Morgan fingerprint density at radius 2 is 1.61 bits per heavy atom. The number of amides is 1. The molecule has 2 N–H and O–H groups in total. The van der Waals surface area contributed by atoms with Gasteiger partial charge in [-0.05, 0) is 42.7 Å². The Labute approximate surface area is 161 Å². The first-order chi connectivity index (χ1) is 13.3. The summed E-state index contributed by atoms with van der Waals surface area (Å²) in [4.78, 5) is 11.2. The van der Waals surface area contributed by atoms with E-state index in [-0.39, 0.29) is 18.5 Å². The molecule has 9 heteroatoms. The van der Waals surface area contributed by atoms with Crippen molar-refractivity contribution < 1.29 is 26.4 Å². The summed E-state index contributed by atoms with van der Waals surface area (Å²) in [6.45, 7) is -0.203. The molecule has 1 fully saturated rings. The summed E-state index contributed by atoms with van der Waals surface area (Å²) >= 11 is 0. The van der Waals surface area contributed by atoms with Crippen molar-refractivity contribution in [3.63, 3.8) is 0 Å². The van der Waals surface area contributed by atoms with Crippen LogP contribution in [-0.2, 0) is 16.6 Å². The van der Waals surface area contributed by atoms with E-state index in [1.807, 2.05) is 0 Å². The van der Waals surface area contributed by atoms with E-state index < -0.39 is 32.4 Å². The van der Waals surface area contributed by atoms with Gasteiger partial charge >= 0.3 is 0 Å². The molecule has 0 atom stereocenters. The molecule has 0 spiro atoms. The number of benzene rings is 2. The van der Waals surface area contributed by atoms with Crippen LogP contribution in [0.15, 0.2) is 41.3 Å². The van der Waals surface area contributed by atoms with Gasteiger partial charge in [-0.1, -0.05) is 25.0 Å². The fourth-order valence-electron chi connectivity index (χ4n) is 3.08. The van der Waals surface area contributed by atoms with Crippen LogP contribution in [0.5, 0.6) is 0 Å². The summed E-state index contributed by atoms with van der Waals surface area (Å²) < 4.78 is 66.4. The quantitative estimate of drug-likeness (QED) is 0.716. The molecule has 2 aromatic carbocycles. The highest BCUT2D eigenvalue weighted by Crippen LogP contribution is 2.20. The van der Waals surface area contributed by atoms with Gasteiger partial charge in [0.25, 0.3) is 5.91 Å². The van der Waals surface area contributed by atoms with Crippen molar-refractivity contribution in [2.75, 3.05) is 0 Å². The number of rotatable bonds is 6. The van der Waals surface area contributed by atoms with Crippen molar-refractivity contribution in [3.8, 4) is 0 Å². The predicted molar refractivity (Wildman–Crippen MR) is 96.5 cm³/mol. The molecule has 1 amide bonds. The highest BCUT2D eigenvalue weighted by Gasteiger charge is 2.24. The smallest absolute Gasteiger partial charge is 0.251 e. The summed E-state index contributed by atoms with van der Waals surface area (Å²) in [7, 11) is -4.38. The van der Waals surface area contributed by atoms with Crippen LogP contribution in [0.4, 0.5) is 13.2 Å². The van der Waals surface area contributed by atoms with Crippen LogP contribution in [0.2, 0.25) is 0 Å². The zero-order valence-electron chi connectivity index (χ0n) is 14.8. The fraction of sp³-hybridized carbons (Fsp3) is 0.316. The molecule has 150 valence electrons. The minimum absolute atomic E-state index is 0.185. The third kappa shape index (κ3) is 4.53. The summed E-state index contributed by atoms with van der Waals surface area (Å²) in [5.74, 6) is -5.28. The molecule has 1 aliphatic rings. The second-order valence-electron chi connectivity index (χ2n) is 6.65. The topological polar surface area (TPSA) is 75.3 Å². The van der Waals surface area contributed by atoms with Crippen molar-refractivity contribution in [3.05, 3.63) is 65.0 Å². The van der Waals surface area contributed by atoms with Gasteiger partial charge in [-0.2, -0.15) is 0 Å². The Balaban J connectivity index is 1.64. The molecule has 0 aromatic heterocycles. The SMILES string of the molecule is O=C(NC1CCCC1)c1ccc(CNS(=O)(=O)c2ccc(F)c(F)c2F)cc1. The van der Waals surface area contributed by atoms with Crippen molar-refractivity contribution in [1.29, 1.82) is 0 Å². The van der Waals surface area contributed by atoms with E-state index in [0.29, 0.717) is 23.3 Å². The monoisotopic (exact) mass is 412 g/mol. The van der Waals surface area contributed by atoms with Crippen molar-refractivity contribution in [2.24, 2.45) is 0 Å². The second kappa shape index (κ2) is 8.32. The third-order valence-electron chi connectivity index (χ3n) is 4.66. The molecule has 5 nitrogen and oxygen atoms in total.